The van der Waals surface area contributed by atoms with Crippen LogP contribution in [0.2, 0.25) is 0 Å². The summed E-state index contributed by atoms with van der Waals surface area (Å²) in [4.78, 5) is 5.03. The van der Waals surface area contributed by atoms with E-state index >= 15 is 0 Å². The van der Waals surface area contributed by atoms with Gasteiger partial charge in [0, 0.05) is 12.1 Å². The SMILES string of the molecule is CCC(CN)C(O)c1cnc(C)s1. The van der Waals surface area contributed by atoms with Gasteiger partial charge in [-0.1, -0.05) is 6.92 Å². The molecule has 0 bridgehead atoms. The first-order valence-corrected chi connectivity index (χ1v) is 5.31. The van der Waals surface area contributed by atoms with E-state index in [4.69, 9.17) is 5.73 Å². The molecule has 1 rings (SSSR count). The van der Waals surface area contributed by atoms with Gasteiger partial charge in [-0.25, -0.2) is 4.98 Å². The second kappa shape index (κ2) is 4.69. The van der Waals surface area contributed by atoms with Crippen molar-refractivity contribution >= 4 is 11.3 Å². The molecule has 1 aromatic rings. The van der Waals surface area contributed by atoms with Gasteiger partial charge in [-0.05, 0) is 19.9 Å². The Bertz CT molecular complexity index is 258. The third kappa shape index (κ3) is 2.49. The van der Waals surface area contributed by atoms with E-state index in [2.05, 4.69) is 4.98 Å². The third-order valence-electron chi connectivity index (χ3n) is 2.20. The van der Waals surface area contributed by atoms with E-state index in [1.807, 2.05) is 13.8 Å². The molecule has 4 heteroatoms. The largest absolute Gasteiger partial charge is 0.387 e. The minimum absolute atomic E-state index is 0.153. The monoisotopic (exact) mass is 200 g/mol. The lowest BCUT2D eigenvalue weighted by atomic mass is 9.99. The number of hydrogen-bond donors (Lipinski definition) is 2. The summed E-state index contributed by atoms with van der Waals surface area (Å²) in [6, 6.07) is 0. The van der Waals surface area contributed by atoms with E-state index in [0.29, 0.717) is 6.54 Å². The minimum Gasteiger partial charge on any atom is -0.387 e. The summed E-state index contributed by atoms with van der Waals surface area (Å²) < 4.78 is 0. The van der Waals surface area contributed by atoms with Crippen LogP contribution in [-0.4, -0.2) is 16.6 Å². The molecule has 1 heterocycles. The Hall–Kier alpha value is -0.450. The summed E-state index contributed by atoms with van der Waals surface area (Å²) in [5, 5.41) is 10.9. The van der Waals surface area contributed by atoms with Crippen LogP contribution >= 0.6 is 11.3 Å². The molecule has 0 radical (unpaired) electrons. The molecule has 0 aliphatic rings. The van der Waals surface area contributed by atoms with Crippen molar-refractivity contribution in [2.75, 3.05) is 6.54 Å². The lowest BCUT2D eigenvalue weighted by molar-refractivity contribution is 0.113. The topological polar surface area (TPSA) is 59.1 Å². The van der Waals surface area contributed by atoms with Gasteiger partial charge >= 0.3 is 0 Å². The first-order chi connectivity index (χ1) is 6.19. The van der Waals surface area contributed by atoms with Crippen LogP contribution in [0.5, 0.6) is 0 Å². The maximum atomic E-state index is 9.88. The molecule has 0 fully saturated rings. The van der Waals surface area contributed by atoms with Crippen LogP contribution in [0.15, 0.2) is 6.20 Å². The highest BCUT2D eigenvalue weighted by atomic mass is 32.1. The Morgan fingerprint density at radius 2 is 2.38 bits per heavy atom. The first-order valence-electron chi connectivity index (χ1n) is 4.49. The van der Waals surface area contributed by atoms with Crippen molar-refractivity contribution in [3.05, 3.63) is 16.1 Å². The molecule has 0 amide bonds. The summed E-state index contributed by atoms with van der Waals surface area (Å²) in [5.74, 6) is 0.153. The Kier molecular flexibility index (Phi) is 3.84. The van der Waals surface area contributed by atoms with Gasteiger partial charge in [0.1, 0.15) is 0 Å². The lowest BCUT2D eigenvalue weighted by Crippen LogP contribution is -2.20. The summed E-state index contributed by atoms with van der Waals surface area (Å²) in [5.41, 5.74) is 5.55. The summed E-state index contributed by atoms with van der Waals surface area (Å²) in [6.07, 6.45) is 2.19. The predicted octanol–water partition coefficient (Wildman–Crippen LogP) is 1.47. The first kappa shape index (κ1) is 10.6. The van der Waals surface area contributed by atoms with Gasteiger partial charge in [-0.3, -0.25) is 0 Å². The van der Waals surface area contributed by atoms with Crippen LogP contribution in [0.1, 0.15) is 29.3 Å². The van der Waals surface area contributed by atoms with E-state index < -0.39 is 6.10 Å². The second-order valence-electron chi connectivity index (χ2n) is 3.13. The number of rotatable bonds is 4. The average Bonchev–Trinajstić information content (AvgIpc) is 2.54. The van der Waals surface area contributed by atoms with E-state index in [-0.39, 0.29) is 5.92 Å². The molecule has 0 saturated heterocycles. The fraction of sp³-hybridized carbons (Fsp3) is 0.667. The number of nitrogens with two attached hydrogens (primary N) is 1. The van der Waals surface area contributed by atoms with Crippen LogP contribution < -0.4 is 5.73 Å². The minimum atomic E-state index is -0.443. The Morgan fingerprint density at radius 3 is 2.77 bits per heavy atom. The average molecular weight is 200 g/mol. The smallest absolute Gasteiger partial charge is 0.0938 e. The number of aliphatic hydroxyl groups is 1. The lowest BCUT2D eigenvalue weighted by Gasteiger charge is -2.17. The van der Waals surface area contributed by atoms with Crippen LogP contribution in [-0.2, 0) is 0 Å². The van der Waals surface area contributed by atoms with Gasteiger partial charge < -0.3 is 10.8 Å². The number of nitrogens with zero attached hydrogens (tertiary/aromatic N) is 1. The molecule has 0 saturated carbocycles. The number of hydrogen-bond acceptors (Lipinski definition) is 4. The molecule has 3 nitrogen and oxygen atoms in total. The predicted molar refractivity (Wildman–Crippen MR) is 54.6 cm³/mol. The fourth-order valence-electron chi connectivity index (χ4n) is 1.27. The van der Waals surface area contributed by atoms with Gasteiger partial charge in [0.05, 0.1) is 16.0 Å². The van der Waals surface area contributed by atoms with Crippen LogP contribution in [0.3, 0.4) is 0 Å². The van der Waals surface area contributed by atoms with Crippen molar-refractivity contribution in [1.82, 2.24) is 4.98 Å². The zero-order chi connectivity index (χ0) is 9.84. The molecule has 1 aromatic heterocycles. The summed E-state index contributed by atoms with van der Waals surface area (Å²) >= 11 is 1.54. The van der Waals surface area contributed by atoms with Crippen molar-refractivity contribution in [3.8, 4) is 0 Å². The van der Waals surface area contributed by atoms with Crippen LogP contribution in [0.4, 0.5) is 0 Å². The number of thiazole rings is 1. The molecular weight excluding hydrogens is 184 g/mol. The standard InChI is InChI=1S/C9H16N2OS/c1-3-7(4-10)9(12)8-5-11-6(2)13-8/h5,7,9,12H,3-4,10H2,1-2H3. The van der Waals surface area contributed by atoms with E-state index in [1.165, 1.54) is 11.3 Å². The van der Waals surface area contributed by atoms with Crippen molar-refractivity contribution in [2.24, 2.45) is 11.7 Å². The van der Waals surface area contributed by atoms with Gasteiger partial charge in [0.25, 0.3) is 0 Å². The summed E-state index contributed by atoms with van der Waals surface area (Å²) in [7, 11) is 0. The zero-order valence-corrected chi connectivity index (χ0v) is 8.84. The molecule has 0 aliphatic carbocycles. The van der Waals surface area contributed by atoms with Gasteiger partial charge in [-0.15, -0.1) is 11.3 Å². The van der Waals surface area contributed by atoms with Gasteiger partial charge in [-0.2, -0.15) is 0 Å². The molecule has 2 unspecified atom stereocenters. The molecular formula is C9H16N2OS. The van der Waals surface area contributed by atoms with Crippen LogP contribution in [0.25, 0.3) is 0 Å². The van der Waals surface area contributed by atoms with Crippen molar-refractivity contribution < 1.29 is 5.11 Å². The highest BCUT2D eigenvalue weighted by Crippen LogP contribution is 2.27. The number of aliphatic hydroxyl groups excluding tert-OH is 1. The zero-order valence-electron chi connectivity index (χ0n) is 8.03. The number of aryl methyl sites for hydroxylation is 1. The Labute approximate surface area is 82.6 Å². The third-order valence-corrected chi connectivity index (χ3v) is 3.19. The van der Waals surface area contributed by atoms with Crippen molar-refractivity contribution in [1.29, 1.82) is 0 Å². The Morgan fingerprint density at radius 1 is 1.69 bits per heavy atom. The quantitative estimate of drug-likeness (QED) is 0.773. The highest BCUT2D eigenvalue weighted by Gasteiger charge is 2.19. The van der Waals surface area contributed by atoms with Crippen molar-refractivity contribution in [3.63, 3.8) is 0 Å². The molecule has 13 heavy (non-hydrogen) atoms. The van der Waals surface area contributed by atoms with Gasteiger partial charge in [0.2, 0.25) is 0 Å². The second-order valence-corrected chi connectivity index (χ2v) is 4.40. The highest BCUT2D eigenvalue weighted by molar-refractivity contribution is 7.11. The summed E-state index contributed by atoms with van der Waals surface area (Å²) in [6.45, 7) is 4.49. The van der Waals surface area contributed by atoms with E-state index in [9.17, 15) is 5.11 Å². The number of aromatic nitrogens is 1. The van der Waals surface area contributed by atoms with E-state index in [1.54, 1.807) is 6.20 Å². The maximum Gasteiger partial charge on any atom is 0.0938 e. The molecule has 74 valence electrons. The molecule has 0 spiro atoms. The van der Waals surface area contributed by atoms with Crippen molar-refractivity contribution in [2.45, 2.75) is 26.4 Å². The normalized spacial score (nSPS) is 15.7. The molecule has 3 N–H and O–H groups in total. The molecule has 0 aliphatic heterocycles. The Balaban J connectivity index is 2.71. The molecule has 0 aromatic carbocycles. The maximum absolute atomic E-state index is 9.88. The fourth-order valence-corrected chi connectivity index (χ4v) is 2.13. The van der Waals surface area contributed by atoms with E-state index in [0.717, 1.165) is 16.3 Å². The van der Waals surface area contributed by atoms with Gasteiger partial charge in [0.15, 0.2) is 0 Å². The van der Waals surface area contributed by atoms with Crippen LogP contribution in [0, 0.1) is 12.8 Å². The molecule has 2 atom stereocenters.